The van der Waals surface area contributed by atoms with Crippen LogP contribution >= 0.6 is 11.3 Å². The fraction of sp³-hybridized carbons (Fsp3) is 0.372. The average Bonchev–Trinajstić information content (AvgIpc) is 3.54. The summed E-state index contributed by atoms with van der Waals surface area (Å²) in [5.41, 5.74) is 3.92. The van der Waals surface area contributed by atoms with Crippen LogP contribution in [0.1, 0.15) is 43.3 Å². The zero-order valence-corrected chi connectivity index (χ0v) is 33.3. The minimum atomic E-state index is -0.109. The van der Waals surface area contributed by atoms with E-state index in [1.54, 1.807) is 46.9 Å². The van der Waals surface area contributed by atoms with Crippen molar-refractivity contribution in [2.75, 3.05) is 61.7 Å². The van der Waals surface area contributed by atoms with Gasteiger partial charge in [-0.2, -0.15) is 0 Å². The van der Waals surface area contributed by atoms with Gasteiger partial charge in [0.1, 0.15) is 23.1 Å². The number of thiazole rings is 1. The predicted octanol–water partition coefficient (Wildman–Crippen LogP) is 8.54. The second-order valence-corrected chi connectivity index (χ2v) is 14.3. The largest absolute Gasteiger partial charge is 0.493 e. The van der Waals surface area contributed by atoms with Crippen LogP contribution in [0.25, 0.3) is 27.9 Å². The van der Waals surface area contributed by atoms with Gasteiger partial charge < -0.3 is 33.2 Å². The van der Waals surface area contributed by atoms with E-state index in [0.717, 1.165) is 64.9 Å². The highest BCUT2D eigenvalue weighted by Crippen LogP contribution is 2.39. The number of benzene rings is 3. The first kappa shape index (κ1) is 38.7. The molecule has 2 aliphatic rings. The van der Waals surface area contributed by atoms with Gasteiger partial charge in [-0.05, 0) is 74.4 Å². The van der Waals surface area contributed by atoms with Gasteiger partial charge in [-0.3, -0.25) is 9.80 Å². The zero-order chi connectivity index (χ0) is 38.2. The average molecular weight is 754 g/mol. The monoisotopic (exact) mass is 753 g/mol. The molecule has 0 bridgehead atoms. The number of allylic oxidation sites excluding steroid dienone is 4. The van der Waals surface area contributed by atoms with Crippen molar-refractivity contribution in [1.82, 2.24) is 14.8 Å². The lowest BCUT2D eigenvalue weighted by atomic mass is 10.1. The SMILES string of the molecule is COC1=C(OC(C)N2CCN(C(C)C(C)Oc3cc(C=Cc4cc(OC)c(OC)c(OC)c4)ccc3OC)CC2)CC=CC(c2nc3ccccc3s2)=C1. The highest BCUT2D eigenvalue weighted by atomic mass is 32.1. The summed E-state index contributed by atoms with van der Waals surface area (Å²) in [6.07, 6.45) is 10.8. The zero-order valence-electron chi connectivity index (χ0n) is 32.5. The fourth-order valence-electron chi connectivity index (χ4n) is 6.73. The molecule has 11 heteroatoms. The van der Waals surface area contributed by atoms with E-state index in [1.165, 1.54) is 4.70 Å². The van der Waals surface area contributed by atoms with Crippen LogP contribution in [0.5, 0.6) is 28.7 Å². The Labute approximate surface area is 322 Å². The maximum atomic E-state index is 6.58. The Bertz CT molecular complexity index is 1970. The molecule has 10 nitrogen and oxygen atoms in total. The number of hydrogen-bond donors (Lipinski definition) is 0. The maximum Gasteiger partial charge on any atom is 0.203 e. The summed E-state index contributed by atoms with van der Waals surface area (Å²) in [6, 6.07) is 18.2. The summed E-state index contributed by atoms with van der Waals surface area (Å²) in [6.45, 7) is 10.0. The molecular formula is C43H51N3O7S. The maximum absolute atomic E-state index is 6.58. The minimum Gasteiger partial charge on any atom is -0.493 e. The number of nitrogens with zero attached hydrogens (tertiary/aromatic N) is 3. The van der Waals surface area contributed by atoms with E-state index in [4.69, 9.17) is 38.1 Å². The number of aromatic nitrogens is 1. The molecule has 1 saturated heterocycles. The molecule has 0 amide bonds. The van der Waals surface area contributed by atoms with Gasteiger partial charge in [0, 0.05) is 44.2 Å². The van der Waals surface area contributed by atoms with Gasteiger partial charge in [0.25, 0.3) is 0 Å². The Kier molecular flexibility index (Phi) is 12.8. The summed E-state index contributed by atoms with van der Waals surface area (Å²) in [5.74, 6) is 4.70. The highest BCUT2D eigenvalue weighted by molar-refractivity contribution is 7.19. The van der Waals surface area contributed by atoms with Crippen LogP contribution in [0, 0.1) is 0 Å². The van der Waals surface area contributed by atoms with Crippen LogP contribution in [0.15, 0.2) is 84.3 Å². The highest BCUT2D eigenvalue weighted by Gasteiger charge is 2.29. The van der Waals surface area contributed by atoms with Crippen molar-refractivity contribution in [2.45, 2.75) is 45.6 Å². The summed E-state index contributed by atoms with van der Waals surface area (Å²) in [7, 11) is 8.18. The van der Waals surface area contributed by atoms with Gasteiger partial charge in [0.15, 0.2) is 28.8 Å². The lowest BCUT2D eigenvalue weighted by molar-refractivity contribution is -0.0504. The molecule has 0 saturated carbocycles. The molecule has 1 aliphatic heterocycles. The standard InChI is InChI=1S/C43H51N3O7S/c1-28(29(2)52-38-24-31(18-19-35(38)47-4)16-17-32-25-39(49-6)42(51-8)40(26-32)50-7)45-20-22-46(23-21-45)30(3)53-36-14-11-12-33(27-37(36)48-5)43-44-34-13-9-10-15-41(34)54-43/h9-13,15-19,24-30H,14,20-23H2,1-8H3. The van der Waals surface area contributed by atoms with Gasteiger partial charge in [-0.15, -0.1) is 11.3 Å². The Hall–Kier alpha value is -4.97. The van der Waals surface area contributed by atoms with Gasteiger partial charge in [-0.25, -0.2) is 4.98 Å². The van der Waals surface area contributed by atoms with Crippen LogP contribution in [0.2, 0.25) is 0 Å². The molecule has 3 unspecified atom stereocenters. The molecular weight excluding hydrogens is 703 g/mol. The molecule has 0 radical (unpaired) electrons. The lowest BCUT2D eigenvalue weighted by Gasteiger charge is -2.41. The molecule has 2 heterocycles. The van der Waals surface area contributed by atoms with Gasteiger partial charge in [-0.1, -0.05) is 42.5 Å². The predicted molar refractivity (Wildman–Crippen MR) is 217 cm³/mol. The van der Waals surface area contributed by atoms with Crippen molar-refractivity contribution in [1.29, 1.82) is 0 Å². The fourth-order valence-corrected chi connectivity index (χ4v) is 7.70. The van der Waals surface area contributed by atoms with Crippen molar-refractivity contribution in [3.63, 3.8) is 0 Å². The van der Waals surface area contributed by atoms with E-state index < -0.39 is 0 Å². The third-order valence-electron chi connectivity index (χ3n) is 10.0. The van der Waals surface area contributed by atoms with E-state index in [9.17, 15) is 0 Å². The van der Waals surface area contributed by atoms with Crippen molar-refractivity contribution < 1.29 is 33.2 Å². The van der Waals surface area contributed by atoms with Crippen LogP contribution in [0.3, 0.4) is 0 Å². The molecule has 0 spiro atoms. The van der Waals surface area contributed by atoms with Crippen LogP contribution in [-0.4, -0.2) is 94.9 Å². The van der Waals surface area contributed by atoms with Crippen molar-refractivity contribution >= 4 is 39.3 Å². The Morgan fingerprint density at radius 1 is 0.704 bits per heavy atom. The van der Waals surface area contributed by atoms with Crippen LogP contribution in [0.4, 0.5) is 0 Å². The van der Waals surface area contributed by atoms with Crippen LogP contribution in [-0.2, 0) is 9.47 Å². The summed E-state index contributed by atoms with van der Waals surface area (Å²) in [4.78, 5) is 9.71. The first-order valence-electron chi connectivity index (χ1n) is 18.2. The normalized spacial score (nSPS) is 17.1. The van der Waals surface area contributed by atoms with Gasteiger partial charge >= 0.3 is 0 Å². The molecule has 3 atom stereocenters. The number of rotatable bonds is 15. The quantitative estimate of drug-likeness (QED) is 0.110. The summed E-state index contributed by atoms with van der Waals surface area (Å²) < 4.78 is 42.4. The number of para-hydroxylation sites is 1. The van der Waals surface area contributed by atoms with Gasteiger partial charge in [0.05, 0.1) is 45.8 Å². The molecule has 6 rings (SSSR count). The topological polar surface area (TPSA) is 84.0 Å². The van der Waals surface area contributed by atoms with Crippen molar-refractivity contribution in [3.05, 3.63) is 100 Å². The smallest absolute Gasteiger partial charge is 0.203 e. The number of piperazine rings is 1. The Balaban J connectivity index is 1.06. The second-order valence-electron chi connectivity index (χ2n) is 13.2. The van der Waals surface area contributed by atoms with Crippen molar-refractivity contribution in [3.8, 4) is 28.7 Å². The number of methoxy groups -OCH3 is 5. The molecule has 286 valence electrons. The third kappa shape index (κ3) is 8.86. The molecule has 4 aromatic rings. The Morgan fingerprint density at radius 2 is 1.37 bits per heavy atom. The molecule has 1 fully saturated rings. The molecule has 3 aromatic carbocycles. The van der Waals surface area contributed by atoms with Gasteiger partial charge in [0.2, 0.25) is 5.75 Å². The first-order chi connectivity index (χ1) is 26.2. The molecule has 0 N–H and O–H groups in total. The van der Waals surface area contributed by atoms with E-state index >= 15 is 0 Å². The number of fused-ring (bicyclic) bond motifs is 1. The Morgan fingerprint density at radius 3 is 2.04 bits per heavy atom. The van der Waals surface area contributed by atoms with E-state index in [-0.39, 0.29) is 18.4 Å². The lowest BCUT2D eigenvalue weighted by Crippen LogP contribution is -2.55. The minimum absolute atomic E-state index is 0.0860. The third-order valence-corrected chi connectivity index (χ3v) is 11.1. The second kappa shape index (κ2) is 17.9. The van der Waals surface area contributed by atoms with Crippen molar-refractivity contribution in [2.24, 2.45) is 0 Å². The van der Waals surface area contributed by atoms with E-state index in [0.29, 0.717) is 35.2 Å². The molecule has 1 aromatic heterocycles. The number of ether oxygens (including phenoxy) is 7. The van der Waals surface area contributed by atoms with E-state index in [1.807, 2.05) is 66.8 Å². The number of hydrogen-bond acceptors (Lipinski definition) is 11. The molecule has 54 heavy (non-hydrogen) atoms. The molecule has 1 aliphatic carbocycles. The van der Waals surface area contributed by atoms with E-state index in [2.05, 4.69) is 48.8 Å². The first-order valence-corrected chi connectivity index (χ1v) is 19.1. The summed E-state index contributed by atoms with van der Waals surface area (Å²) in [5, 5.41) is 0.968. The summed E-state index contributed by atoms with van der Waals surface area (Å²) >= 11 is 1.68. The van der Waals surface area contributed by atoms with Crippen LogP contribution < -0.4 is 23.7 Å².